The number of halogens is 2. The van der Waals surface area contributed by atoms with Crippen LogP contribution < -0.4 is 24.8 Å². The number of rotatable bonds is 0. The Bertz CT molecular complexity index is 1570. The van der Waals surface area contributed by atoms with Crippen molar-refractivity contribution in [3.63, 3.8) is 0 Å². The molecular weight excluding hydrogens is 667 g/mol. The standard InChI is InChI=1S/C31H37.C6H10.C5H5.2ClH.Zr/c1-28(2,3)26-16-30(7,8)24-12-18-11-19-13-25-23(15-21(19)20(18)14-22(24)26)27(29(4,5)6)17-31(25,9)10;1-2-4-6-5-3-1;1-2-4-5-3-1;;;/h11-17H,1-10H3;1-5H2;1-3H,4H2;2*1H;/q-1;;-1;;;+2/p-2. The molecule has 0 spiro atoms. The van der Waals surface area contributed by atoms with Crippen LogP contribution in [-0.4, -0.2) is 3.21 Å². The van der Waals surface area contributed by atoms with Crippen molar-refractivity contribution in [3.8, 4) is 0 Å². The Labute approximate surface area is 301 Å². The molecule has 0 amide bonds. The van der Waals surface area contributed by atoms with Crippen molar-refractivity contribution in [1.29, 1.82) is 0 Å². The predicted molar refractivity (Wildman–Crippen MR) is 188 cm³/mol. The number of hydrogen-bond donors (Lipinski definition) is 0. The molecule has 4 aliphatic rings. The normalized spacial score (nSPS) is 19.0. The Morgan fingerprint density at radius 3 is 1.42 bits per heavy atom. The van der Waals surface area contributed by atoms with Gasteiger partial charge in [-0.15, -0.1) is 46.2 Å². The van der Waals surface area contributed by atoms with E-state index >= 15 is 0 Å². The predicted octanol–water partition coefficient (Wildman–Crippen LogP) is 6.14. The fourth-order valence-electron chi connectivity index (χ4n) is 7.21. The minimum absolute atomic E-state index is 0. The van der Waals surface area contributed by atoms with Crippen LogP contribution in [0.5, 0.6) is 0 Å². The molecule has 1 saturated carbocycles. The second kappa shape index (κ2) is 14.0. The van der Waals surface area contributed by atoms with E-state index in [1.165, 1.54) is 87.0 Å². The van der Waals surface area contributed by atoms with E-state index < -0.39 is 0 Å². The molecule has 0 N–H and O–H groups in total. The van der Waals surface area contributed by atoms with Crippen molar-refractivity contribution in [1.82, 2.24) is 0 Å². The van der Waals surface area contributed by atoms with E-state index in [1.54, 1.807) is 27.4 Å². The van der Waals surface area contributed by atoms with Crippen LogP contribution in [0.1, 0.15) is 130 Å². The number of benzene rings is 2. The van der Waals surface area contributed by atoms with Crippen molar-refractivity contribution in [2.24, 2.45) is 10.8 Å². The fourth-order valence-corrected chi connectivity index (χ4v) is 8.08. The van der Waals surface area contributed by atoms with Gasteiger partial charge in [0.15, 0.2) is 0 Å². The molecule has 45 heavy (non-hydrogen) atoms. The Balaban J connectivity index is 0.000000330. The molecule has 0 saturated heterocycles. The first kappa shape index (κ1) is 38.1. The molecule has 3 aromatic carbocycles. The monoisotopic (exact) mass is 716 g/mol. The van der Waals surface area contributed by atoms with E-state index in [0.717, 1.165) is 6.42 Å². The quantitative estimate of drug-likeness (QED) is 0.246. The SMILES string of the molecule is CC(C)(C)C1=CC(C)(C)c2cc3[cH-]c4cc5c(cc4c3cc21)C(C(C)(C)C)=CC5(C)C.[C-]1=CC=CC1.[Cl-].[Cl-].[Zr+2]=[C]1CCCCC1. The van der Waals surface area contributed by atoms with Crippen LogP contribution >= 0.6 is 0 Å². The van der Waals surface area contributed by atoms with E-state index in [-0.39, 0.29) is 46.5 Å². The van der Waals surface area contributed by atoms with Crippen molar-refractivity contribution >= 4 is 35.9 Å². The van der Waals surface area contributed by atoms with Gasteiger partial charge < -0.3 is 24.8 Å². The van der Waals surface area contributed by atoms with E-state index in [9.17, 15) is 0 Å². The first-order chi connectivity index (χ1) is 20.0. The minimum atomic E-state index is 0. The van der Waals surface area contributed by atoms with Gasteiger partial charge in [-0.2, -0.15) is 6.08 Å². The van der Waals surface area contributed by atoms with Gasteiger partial charge in [0.2, 0.25) is 0 Å². The number of hydrogen-bond acceptors (Lipinski definition) is 0. The van der Waals surface area contributed by atoms with E-state index in [4.69, 9.17) is 0 Å². The van der Waals surface area contributed by atoms with Crippen LogP contribution in [0, 0.1) is 16.9 Å². The van der Waals surface area contributed by atoms with Crippen LogP contribution in [0.25, 0.3) is 32.7 Å². The molecule has 0 nitrogen and oxygen atoms in total. The Morgan fingerprint density at radius 2 is 1.13 bits per heavy atom. The summed E-state index contributed by atoms with van der Waals surface area (Å²) in [6.45, 7) is 23.5. The number of allylic oxidation sites excluding steroid dienone is 8. The summed E-state index contributed by atoms with van der Waals surface area (Å²) in [4.78, 5) is 0. The molecule has 0 bridgehead atoms. The molecule has 3 aromatic rings. The van der Waals surface area contributed by atoms with Gasteiger partial charge in [0, 0.05) is 10.8 Å². The first-order valence-corrected chi connectivity index (χ1v) is 17.7. The zero-order chi connectivity index (χ0) is 31.4. The zero-order valence-corrected chi connectivity index (χ0v) is 33.2. The summed E-state index contributed by atoms with van der Waals surface area (Å²) < 4.78 is 1.80. The van der Waals surface area contributed by atoms with Gasteiger partial charge in [0.05, 0.1) is 0 Å². The molecule has 3 heteroatoms. The summed E-state index contributed by atoms with van der Waals surface area (Å²) >= 11 is 1.69. The molecule has 1 fully saturated rings. The summed E-state index contributed by atoms with van der Waals surface area (Å²) in [7, 11) is 0. The summed E-state index contributed by atoms with van der Waals surface area (Å²) in [6, 6.07) is 12.3. The third kappa shape index (κ3) is 8.02. The molecule has 0 aliphatic heterocycles. The van der Waals surface area contributed by atoms with Crippen LogP contribution in [-0.2, 0) is 35.1 Å². The molecule has 0 aromatic heterocycles. The van der Waals surface area contributed by atoms with Crippen LogP contribution in [0.3, 0.4) is 0 Å². The fraction of sp³-hybridized carbons (Fsp3) is 0.476. The van der Waals surface area contributed by atoms with E-state index in [2.05, 4.69) is 124 Å². The molecule has 4 aliphatic carbocycles. The molecule has 0 atom stereocenters. The summed E-state index contributed by atoms with van der Waals surface area (Å²) in [5.74, 6) is 0. The molecule has 0 radical (unpaired) electrons. The van der Waals surface area contributed by atoms with Crippen molar-refractivity contribution in [3.05, 3.63) is 89.0 Å². The van der Waals surface area contributed by atoms with Gasteiger partial charge in [-0.25, -0.2) is 12.2 Å². The van der Waals surface area contributed by atoms with Gasteiger partial charge >= 0.3 is 59.5 Å². The molecular formula is C42H52Cl2Zr-2. The topological polar surface area (TPSA) is 0 Å². The second-order valence-electron chi connectivity index (χ2n) is 16.3. The summed E-state index contributed by atoms with van der Waals surface area (Å²) in [5.41, 5.74) is 9.28. The summed E-state index contributed by atoms with van der Waals surface area (Å²) in [5, 5.41) is 5.58. The maximum atomic E-state index is 2.99. The van der Waals surface area contributed by atoms with Crippen LogP contribution in [0.4, 0.5) is 0 Å². The Hall–Kier alpha value is -1.40. The maximum absolute atomic E-state index is 2.99. The second-order valence-corrected chi connectivity index (χ2v) is 18.1. The average molecular weight is 719 g/mol. The average Bonchev–Trinajstić information content (AvgIpc) is 3.69. The van der Waals surface area contributed by atoms with E-state index in [1.807, 2.05) is 12.2 Å². The van der Waals surface area contributed by atoms with Crippen molar-refractivity contribution in [2.75, 3.05) is 0 Å². The Kier molecular flexibility index (Phi) is 11.8. The third-order valence-corrected chi connectivity index (χ3v) is 10.8. The van der Waals surface area contributed by atoms with Crippen molar-refractivity contribution in [2.45, 2.75) is 119 Å². The molecule has 0 unspecified atom stereocenters. The first-order valence-electron chi connectivity index (χ1n) is 16.5. The van der Waals surface area contributed by atoms with E-state index in [0.29, 0.717) is 0 Å². The van der Waals surface area contributed by atoms with Crippen LogP contribution in [0.2, 0.25) is 0 Å². The molecule has 7 rings (SSSR count). The van der Waals surface area contributed by atoms with Crippen molar-refractivity contribution < 1.29 is 49.0 Å². The Morgan fingerprint density at radius 1 is 0.689 bits per heavy atom. The van der Waals surface area contributed by atoms with Gasteiger partial charge in [0.25, 0.3) is 0 Å². The molecule has 0 heterocycles. The molecule has 240 valence electrons. The zero-order valence-electron chi connectivity index (χ0n) is 29.3. The van der Waals surface area contributed by atoms with Gasteiger partial charge in [-0.3, -0.25) is 6.08 Å². The number of fused-ring (bicyclic) bond motifs is 5. The summed E-state index contributed by atoms with van der Waals surface area (Å²) in [6.07, 6.45) is 22.3. The van der Waals surface area contributed by atoms with Crippen LogP contribution in [0.15, 0.2) is 60.7 Å². The van der Waals surface area contributed by atoms with Gasteiger partial charge in [-0.05, 0) is 33.1 Å². The third-order valence-electron chi connectivity index (χ3n) is 9.62. The van der Waals surface area contributed by atoms with Gasteiger partial charge in [-0.1, -0.05) is 105 Å². The van der Waals surface area contributed by atoms with Gasteiger partial charge in [0.1, 0.15) is 0 Å².